The van der Waals surface area contributed by atoms with Crippen molar-refractivity contribution in [3.05, 3.63) is 16.2 Å². The number of aromatic nitrogens is 2. The van der Waals surface area contributed by atoms with Crippen molar-refractivity contribution in [2.45, 2.75) is 11.9 Å². The highest BCUT2D eigenvalue weighted by Gasteiger charge is 2.12. The fraction of sp³-hybridized carbons (Fsp3) is 0.364. The average molecular weight is 302 g/mol. The van der Waals surface area contributed by atoms with Gasteiger partial charge in [0, 0.05) is 24.4 Å². The predicted molar refractivity (Wildman–Crippen MR) is 76.6 cm³/mol. The highest BCUT2D eigenvalue weighted by atomic mass is 35.5. The molecule has 0 spiro atoms. The second kappa shape index (κ2) is 5.42. The van der Waals surface area contributed by atoms with Gasteiger partial charge in [0.05, 0.1) is 5.75 Å². The van der Waals surface area contributed by atoms with Crippen LogP contribution in [0.2, 0.25) is 5.28 Å². The van der Waals surface area contributed by atoms with Gasteiger partial charge in [0.2, 0.25) is 11.2 Å². The molecule has 2 aromatic rings. The third kappa shape index (κ3) is 2.93. The molecule has 0 aromatic carbocycles. The summed E-state index contributed by atoms with van der Waals surface area (Å²) in [5, 5.41) is 1.96. The summed E-state index contributed by atoms with van der Waals surface area (Å²) < 4.78 is 0. The molecule has 0 atom stereocenters. The third-order valence-corrected chi connectivity index (χ3v) is 4.37. The Morgan fingerprint density at radius 1 is 1.50 bits per heavy atom. The number of thioether (sulfide) groups is 1. The van der Waals surface area contributed by atoms with Crippen molar-refractivity contribution >= 4 is 50.8 Å². The van der Waals surface area contributed by atoms with Crippen LogP contribution in [0.1, 0.15) is 4.88 Å². The SMILES string of the molecule is Cc1cc2c(SCC(=O)N(C)C)nc(Cl)nc2s1. The number of halogens is 1. The van der Waals surface area contributed by atoms with E-state index in [0.717, 1.165) is 20.1 Å². The zero-order valence-electron chi connectivity index (χ0n) is 10.2. The normalized spacial score (nSPS) is 10.9. The standard InChI is InChI=1S/C11H12ClN3OS2/c1-6-4-7-9(17-5-8(16)15(2)3)13-11(12)14-10(7)18-6/h4H,5H2,1-3H3. The Morgan fingerprint density at radius 2 is 2.22 bits per heavy atom. The van der Waals surface area contributed by atoms with Gasteiger partial charge < -0.3 is 4.90 Å². The van der Waals surface area contributed by atoms with Crippen LogP contribution in [0.5, 0.6) is 0 Å². The Kier molecular flexibility index (Phi) is 4.09. The van der Waals surface area contributed by atoms with Gasteiger partial charge >= 0.3 is 0 Å². The maximum atomic E-state index is 11.6. The van der Waals surface area contributed by atoms with Gasteiger partial charge in [-0.05, 0) is 24.6 Å². The van der Waals surface area contributed by atoms with E-state index in [1.807, 2.05) is 13.0 Å². The summed E-state index contributed by atoms with van der Waals surface area (Å²) in [6.45, 7) is 2.01. The molecule has 7 heteroatoms. The summed E-state index contributed by atoms with van der Waals surface area (Å²) in [7, 11) is 3.47. The number of hydrogen-bond donors (Lipinski definition) is 0. The van der Waals surface area contributed by atoms with E-state index in [0.29, 0.717) is 5.75 Å². The van der Waals surface area contributed by atoms with Crippen molar-refractivity contribution in [2.75, 3.05) is 19.8 Å². The number of nitrogens with zero attached hydrogens (tertiary/aromatic N) is 3. The van der Waals surface area contributed by atoms with Gasteiger partial charge in [-0.1, -0.05) is 11.8 Å². The van der Waals surface area contributed by atoms with Crippen molar-refractivity contribution in [3.8, 4) is 0 Å². The highest BCUT2D eigenvalue weighted by molar-refractivity contribution is 8.00. The van der Waals surface area contributed by atoms with E-state index >= 15 is 0 Å². The Hall–Kier alpha value is -0.850. The maximum Gasteiger partial charge on any atom is 0.232 e. The topological polar surface area (TPSA) is 46.1 Å². The lowest BCUT2D eigenvalue weighted by atomic mass is 10.4. The zero-order valence-corrected chi connectivity index (χ0v) is 12.6. The molecule has 18 heavy (non-hydrogen) atoms. The molecule has 0 aliphatic heterocycles. The molecule has 0 fully saturated rings. The van der Waals surface area contributed by atoms with Crippen molar-refractivity contribution in [1.29, 1.82) is 0 Å². The van der Waals surface area contributed by atoms with Crippen LogP contribution in [-0.4, -0.2) is 40.6 Å². The van der Waals surface area contributed by atoms with Gasteiger partial charge in [0.15, 0.2) is 0 Å². The second-order valence-corrected chi connectivity index (χ2v) is 6.49. The van der Waals surface area contributed by atoms with Crippen LogP contribution in [-0.2, 0) is 4.79 Å². The van der Waals surface area contributed by atoms with Gasteiger partial charge in [-0.3, -0.25) is 4.79 Å². The molecule has 0 unspecified atom stereocenters. The van der Waals surface area contributed by atoms with E-state index in [4.69, 9.17) is 11.6 Å². The molecule has 4 nitrogen and oxygen atoms in total. The van der Waals surface area contributed by atoms with Gasteiger partial charge in [0.1, 0.15) is 9.86 Å². The Morgan fingerprint density at radius 3 is 2.89 bits per heavy atom. The minimum Gasteiger partial charge on any atom is -0.348 e. The lowest BCUT2D eigenvalue weighted by Crippen LogP contribution is -2.23. The number of aryl methyl sites for hydroxylation is 1. The van der Waals surface area contributed by atoms with E-state index in [1.165, 1.54) is 11.8 Å². The van der Waals surface area contributed by atoms with E-state index in [2.05, 4.69) is 9.97 Å². The first-order valence-corrected chi connectivity index (χ1v) is 7.42. The maximum absolute atomic E-state index is 11.6. The number of carbonyl (C=O) groups is 1. The first kappa shape index (κ1) is 13.6. The molecule has 96 valence electrons. The molecule has 2 heterocycles. The molecule has 2 aromatic heterocycles. The monoisotopic (exact) mass is 301 g/mol. The summed E-state index contributed by atoms with van der Waals surface area (Å²) in [5.41, 5.74) is 0. The number of amides is 1. The van der Waals surface area contributed by atoms with Crippen LogP contribution in [0.15, 0.2) is 11.1 Å². The van der Waals surface area contributed by atoms with E-state index in [1.54, 1.807) is 30.3 Å². The molecular weight excluding hydrogens is 290 g/mol. The van der Waals surface area contributed by atoms with E-state index in [-0.39, 0.29) is 11.2 Å². The first-order chi connectivity index (χ1) is 8.47. The lowest BCUT2D eigenvalue weighted by molar-refractivity contribution is -0.125. The fourth-order valence-electron chi connectivity index (χ4n) is 1.36. The minimum atomic E-state index is 0.0508. The van der Waals surface area contributed by atoms with Crippen LogP contribution >= 0.6 is 34.7 Å². The van der Waals surface area contributed by atoms with Crippen molar-refractivity contribution in [1.82, 2.24) is 14.9 Å². The molecule has 0 bridgehead atoms. The molecule has 0 saturated carbocycles. The molecule has 0 N–H and O–H groups in total. The number of rotatable bonds is 3. The lowest BCUT2D eigenvalue weighted by Gasteiger charge is -2.09. The Labute approximate surface area is 118 Å². The van der Waals surface area contributed by atoms with Gasteiger partial charge in [0.25, 0.3) is 0 Å². The quantitative estimate of drug-likeness (QED) is 0.497. The van der Waals surface area contributed by atoms with Crippen LogP contribution < -0.4 is 0 Å². The zero-order chi connectivity index (χ0) is 13.3. The molecule has 2 rings (SSSR count). The molecule has 0 aliphatic carbocycles. The summed E-state index contributed by atoms with van der Waals surface area (Å²) in [6, 6.07) is 2.03. The summed E-state index contributed by atoms with van der Waals surface area (Å²) >= 11 is 8.86. The molecular formula is C11H12ClN3OS2. The van der Waals surface area contributed by atoms with Crippen molar-refractivity contribution in [2.24, 2.45) is 0 Å². The molecule has 0 radical (unpaired) electrons. The number of fused-ring (bicyclic) bond motifs is 1. The van der Waals surface area contributed by atoms with Crippen LogP contribution in [0.25, 0.3) is 10.2 Å². The Balaban J connectivity index is 2.29. The number of thiophene rings is 1. The van der Waals surface area contributed by atoms with Crippen LogP contribution in [0.4, 0.5) is 0 Å². The summed E-state index contributed by atoms with van der Waals surface area (Å²) in [4.78, 5) is 23.5. The summed E-state index contributed by atoms with van der Waals surface area (Å²) in [6.07, 6.45) is 0. The van der Waals surface area contributed by atoms with E-state index < -0.39 is 0 Å². The van der Waals surface area contributed by atoms with Crippen molar-refractivity contribution < 1.29 is 4.79 Å². The van der Waals surface area contributed by atoms with Gasteiger partial charge in [-0.2, -0.15) is 0 Å². The third-order valence-electron chi connectivity index (χ3n) is 2.28. The number of hydrogen-bond acceptors (Lipinski definition) is 5. The molecule has 1 amide bonds. The largest absolute Gasteiger partial charge is 0.348 e. The van der Waals surface area contributed by atoms with E-state index in [9.17, 15) is 4.79 Å². The number of carbonyl (C=O) groups excluding carboxylic acids is 1. The Bertz CT molecular complexity index is 597. The molecule has 0 aliphatic rings. The smallest absolute Gasteiger partial charge is 0.232 e. The molecule has 0 saturated heterocycles. The predicted octanol–water partition coefficient (Wildman–Crippen LogP) is 2.83. The second-order valence-electron chi connectivity index (χ2n) is 3.95. The fourth-order valence-corrected chi connectivity index (χ4v) is 3.55. The van der Waals surface area contributed by atoms with Gasteiger partial charge in [-0.15, -0.1) is 11.3 Å². The minimum absolute atomic E-state index is 0.0508. The van der Waals surface area contributed by atoms with Crippen LogP contribution in [0, 0.1) is 6.92 Å². The first-order valence-electron chi connectivity index (χ1n) is 5.24. The van der Waals surface area contributed by atoms with Crippen molar-refractivity contribution in [3.63, 3.8) is 0 Å². The van der Waals surface area contributed by atoms with Crippen LogP contribution in [0.3, 0.4) is 0 Å². The summed E-state index contributed by atoms with van der Waals surface area (Å²) in [5.74, 6) is 0.402. The van der Waals surface area contributed by atoms with Gasteiger partial charge in [-0.25, -0.2) is 9.97 Å². The highest BCUT2D eigenvalue weighted by Crippen LogP contribution is 2.32. The average Bonchev–Trinajstić information content (AvgIpc) is 2.65.